The molecule has 42 heavy (non-hydrogen) atoms. The fraction of sp³-hybridized carbons (Fsp3) is 0.800. The molecular weight excluding hydrogens is 566 g/mol. The van der Waals surface area contributed by atoms with Crippen molar-refractivity contribution in [3.05, 3.63) is 23.8 Å². The Bertz CT molecular complexity index is 1210. The zero-order valence-corrected chi connectivity index (χ0v) is 25.7. The Morgan fingerprint density at radius 3 is 2.31 bits per heavy atom. The Kier molecular flexibility index (Phi) is 7.79. The number of aliphatic hydroxyl groups is 2. The van der Waals surface area contributed by atoms with Crippen LogP contribution in [0.1, 0.15) is 46.5 Å². The van der Waals surface area contributed by atoms with Gasteiger partial charge in [-0.1, -0.05) is 25.5 Å². The van der Waals surface area contributed by atoms with Crippen molar-refractivity contribution >= 4 is 19.2 Å². The Morgan fingerprint density at radius 1 is 1.12 bits per heavy atom. The Labute approximate surface area is 246 Å². The maximum atomic E-state index is 17.4. The quantitative estimate of drug-likeness (QED) is 0.434. The molecular formula is C30H44FN2O8P. The molecule has 2 aliphatic heterocycles. The number of morpholine rings is 2. The van der Waals surface area contributed by atoms with Crippen LogP contribution in [0, 0.1) is 28.6 Å². The molecule has 6 rings (SSSR count). The second-order valence-corrected chi connectivity index (χ2v) is 15.9. The van der Waals surface area contributed by atoms with Crippen LogP contribution in [0.5, 0.6) is 0 Å². The van der Waals surface area contributed by atoms with Crippen LogP contribution < -0.4 is 0 Å². The van der Waals surface area contributed by atoms with Gasteiger partial charge >= 0.3 is 7.67 Å². The molecule has 0 aromatic heterocycles. The molecule has 2 N–H and O–H groups in total. The van der Waals surface area contributed by atoms with E-state index < -0.39 is 60.1 Å². The molecule has 8 atom stereocenters. The summed E-state index contributed by atoms with van der Waals surface area (Å²) in [7, 11) is -3.63. The van der Waals surface area contributed by atoms with Crippen LogP contribution in [0.3, 0.4) is 0 Å². The van der Waals surface area contributed by atoms with Gasteiger partial charge in [0.1, 0.15) is 12.2 Å². The zero-order chi connectivity index (χ0) is 30.1. The molecule has 234 valence electrons. The van der Waals surface area contributed by atoms with Crippen molar-refractivity contribution in [3.8, 4) is 0 Å². The lowest BCUT2D eigenvalue weighted by molar-refractivity contribution is -0.219. The van der Waals surface area contributed by atoms with Gasteiger partial charge in [-0.2, -0.15) is 0 Å². The van der Waals surface area contributed by atoms with Gasteiger partial charge in [0.2, 0.25) is 0 Å². The number of halogens is 1. The number of Topliss-reactive ketones (excluding diaryl/α,β-unsaturated/α-hetero) is 1. The van der Waals surface area contributed by atoms with Gasteiger partial charge in [-0.15, -0.1) is 0 Å². The third kappa shape index (κ3) is 4.18. The summed E-state index contributed by atoms with van der Waals surface area (Å²) >= 11 is 0. The predicted octanol–water partition coefficient (Wildman–Crippen LogP) is 2.69. The highest BCUT2D eigenvalue weighted by molar-refractivity contribution is 7.54. The van der Waals surface area contributed by atoms with Crippen LogP contribution in [-0.2, 0) is 28.2 Å². The number of aliphatic hydroxyl groups excluding tert-OH is 1. The lowest BCUT2D eigenvalue weighted by atomic mass is 9.44. The number of carbonyl (C=O) groups is 2. The second kappa shape index (κ2) is 10.7. The summed E-state index contributed by atoms with van der Waals surface area (Å²) in [5.74, 6) is -2.31. The summed E-state index contributed by atoms with van der Waals surface area (Å²) in [5.41, 5.74) is -5.55. The van der Waals surface area contributed by atoms with Crippen molar-refractivity contribution in [2.45, 2.75) is 63.8 Å². The molecule has 0 bridgehead atoms. The molecule has 0 spiro atoms. The number of rotatable bonds is 6. The van der Waals surface area contributed by atoms with Crippen LogP contribution >= 0.6 is 7.67 Å². The molecule has 2 heterocycles. The van der Waals surface area contributed by atoms with E-state index in [-0.39, 0.29) is 18.1 Å². The number of hydrogen-bond donors (Lipinski definition) is 2. The summed E-state index contributed by atoms with van der Waals surface area (Å²) in [6.07, 6.45) is 4.21. The van der Waals surface area contributed by atoms with Gasteiger partial charge < -0.3 is 19.7 Å². The first-order valence-electron chi connectivity index (χ1n) is 15.3. The number of allylic oxidation sites excluding steroid dienone is 4. The van der Waals surface area contributed by atoms with Crippen LogP contribution in [-0.4, -0.2) is 108 Å². The lowest BCUT2D eigenvalue weighted by Gasteiger charge is -2.62. The predicted molar refractivity (Wildman–Crippen MR) is 151 cm³/mol. The number of carbonyl (C=O) groups excluding carboxylic acids is 2. The molecule has 0 aromatic carbocycles. The third-order valence-corrected chi connectivity index (χ3v) is 14.4. The Hall–Kier alpha value is -1.30. The van der Waals surface area contributed by atoms with Crippen LogP contribution in [0.2, 0.25) is 0 Å². The molecule has 5 fully saturated rings. The van der Waals surface area contributed by atoms with Crippen molar-refractivity contribution in [1.29, 1.82) is 0 Å². The molecule has 3 saturated carbocycles. The summed E-state index contributed by atoms with van der Waals surface area (Å²) in [6, 6.07) is 0. The fourth-order valence-electron chi connectivity index (χ4n) is 9.35. The molecule has 6 aliphatic rings. The number of nitrogens with zero attached hydrogens (tertiary/aromatic N) is 2. The molecule has 12 heteroatoms. The molecule has 0 amide bonds. The summed E-state index contributed by atoms with van der Waals surface area (Å²) in [5, 5.41) is 23.9. The Balaban J connectivity index is 1.28. The molecule has 4 aliphatic carbocycles. The van der Waals surface area contributed by atoms with E-state index in [1.54, 1.807) is 36.2 Å². The SMILES string of the molecule is C[C@@H]1C[C@H]2[C@@H]3CCC4=CC(=O)C=C[C@]4(C)[C@@]3(F)[C@@H](O)C[C@]2(C)[C@@]1(O)C(=O)COP(=O)(N1CCOCC1)N1CCOCC1. The van der Waals surface area contributed by atoms with Crippen molar-refractivity contribution in [2.24, 2.45) is 28.6 Å². The summed E-state index contributed by atoms with van der Waals surface area (Å²) < 4.78 is 52.3. The van der Waals surface area contributed by atoms with E-state index >= 15 is 4.39 Å². The highest BCUT2D eigenvalue weighted by Crippen LogP contribution is 2.71. The first-order chi connectivity index (χ1) is 19.8. The largest absolute Gasteiger partial charge is 0.390 e. The smallest absolute Gasteiger partial charge is 0.346 e. The highest BCUT2D eigenvalue weighted by atomic mass is 31.2. The first kappa shape index (κ1) is 30.7. The second-order valence-electron chi connectivity index (χ2n) is 13.5. The summed E-state index contributed by atoms with van der Waals surface area (Å²) in [4.78, 5) is 26.2. The topological polar surface area (TPSA) is 126 Å². The maximum absolute atomic E-state index is 17.4. The van der Waals surface area contributed by atoms with E-state index in [0.29, 0.717) is 77.4 Å². The fourth-order valence-corrected chi connectivity index (χ4v) is 11.7. The summed E-state index contributed by atoms with van der Waals surface area (Å²) in [6.45, 7) is 7.94. The standard InChI is InChI=1S/C30H44FN2O8P/c1-20-16-24-23-5-4-21-17-22(34)6-7-27(21,2)29(23,31)25(35)18-28(24,3)30(20,37)26(36)19-41-42(38,32-8-12-39-13-9-32)33-10-14-40-15-11-33/h6-7,17,20,23-25,35,37H,4-5,8-16,18-19H2,1-3H3/t20-,23+,24+,25+,27+,28+,29+,30+/m1/s1. The van der Waals surface area contributed by atoms with E-state index in [0.717, 1.165) is 0 Å². The van der Waals surface area contributed by atoms with Gasteiger partial charge in [-0.3, -0.25) is 18.7 Å². The third-order valence-electron chi connectivity index (χ3n) is 11.7. The van der Waals surface area contributed by atoms with E-state index in [4.69, 9.17) is 14.0 Å². The lowest BCUT2D eigenvalue weighted by Crippen LogP contribution is -2.69. The van der Waals surface area contributed by atoms with Gasteiger partial charge in [0.15, 0.2) is 17.2 Å². The average Bonchev–Trinajstić information content (AvgIpc) is 3.19. The zero-order valence-electron chi connectivity index (χ0n) is 24.8. The minimum absolute atomic E-state index is 0.119. The maximum Gasteiger partial charge on any atom is 0.346 e. The van der Waals surface area contributed by atoms with Gasteiger partial charge in [0.05, 0.1) is 32.5 Å². The average molecular weight is 611 g/mol. The van der Waals surface area contributed by atoms with E-state index in [1.165, 1.54) is 12.2 Å². The minimum atomic E-state index is -3.63. The van der Waals surface area contributed by atoms with Crippen molar-refractivity contribution in [3.63, 3.8) is 0 Å². The number of ketones is 2. The number of ether oxygens (including phenoxy) is 2. The minimum Gasteiger partial charge on any atom is -0.390 e. The van der Waals surface area contributed by atoms with Crippen molar-refractivity contribution < 1.29 is 42.8 Å². The molecule has 0 aromatic rings. The monoisotopic (exact) mass is 610 g/mol. The molecule has 10 nitrogen and oxygen atoms in total. The molecule has 2 saturated heterocycles. The number of hydrogen-bond acceptors (Lipinski definition) is 8. The van der Waals surface area contributed by atoms with Crippen LogP contribution in [0.25, 0.3) is 0 Å². The van der Waals surface area contributed by atoms with Crippen molar-refractivity contribution in [2.75, 3.05) is 59.2 Å². The van der Waals surface area contributed by atoms with Gasteiger partial charge in [0, 0.05) is 42.9 Å². The number of alkyl halides is 1. The first-order valence-corrected chi connectivity index (χ1v) is 16.8. The number of fused-ring (bicyclic) bond motifs is 5. The normalized spacial score (nSPS) is 44.7. The van der Waals surface area contributed by atoms with Gasteiger partial charge in [-0.05, 0) is 56.6 Å². The Morgan fingerprint density at radius 2 is 1.71 bits per heavy atom. The van der Waals surface area contributed by atoms with Crippen LogP contribution in [0.4, 0.5) is 4.39 Å². The van der Waals surface area contributed by atoms with Crippen LogP contribution in [0.15, 0.2) is 23.8 Å². The van der Waals surface area contributed by atoms with E-state index in [1.807, 2.05) is 0 Å². The molecule has 0 unspecified atom stereocenters. The van der Waals surface area contributed by atoms with Gasteiger partial charge in [0.25, 0.3) is 0 Å². The highest BCUT2D eigenvalue weighted by Gasteiger charge is 2.75. The van der Waals surface area contributed by atoms with Crippen molar-refractivity contribution in [1.82, 2.24) is 9.34 Å². The van der Waals surface area contributed by atoms with E-state index in [2.05, 4.69) is 0 Å². The van der Waals surface area contributed by atoms with E-state index in [9.17, 15) is 24.4 Å². The van der Waals surface area contributed by atoms with Gasteiger partial charge in [-0.25, -0.2) is 13.7 Å². The molecule has 0 radical (unpaired) electrons.